The summed E-state index contributed by atoms with van der Waals surface area (Å²) in [4.78, 5) is 16.8. The van der Waals surface area contributed by atoms with E-state index in [1.54, 1.807) is 4.68 Å². The first-order chi connectivity index (χ1) is 11.0. The highest BCUT2D eigenvalue weighted by Gasteiger charge is 2.30. The van der Waals surface area contributed by atoms with Crippen LogP contribution in [0.15, 0.2) is 6.07 Å². The Morgan fingerprint density at radius 3 is 2.83 bits per heavy atom. The Balaban J connectivity index is 1.61. The normalized spacial score (nSPS) is 22.1. The molecular formula is C16H27N5O2. The summed E-state index contributed by atoms with van der Waals surface area (Å²) in [6, 6.07) is 1.81. The topological polar surface area (TPSA) is 62.6 Å². The van der Waals surface area contributed by atoms with Gasteiger partial charge in [-0.15, -0.1) is 0 Å². The van der Waals surface area contributed by atoms with E-state index >= 15 is 0 Å². The average Bonchev–Trinajstić information content (AvgIpc) is 3.24. The zero-order valence-corrected chi connectivity index (χ0v) is 14.3. The summed E-state index contributed by atoms with van der Waals surface area (Å²) in [5.41, 5.74) is 1.02. The van der Waals surface area contributed by atoms with Crippen LogP contribution in [0.1, 0.15) is 18.5 Å². The third-order valence-corrected chi connectivity index (χ3v) is 4.58. The monoisotopic (exact) mass is 321 g/mol. The van der Waals surface area contributed by atoms with Crippen molar-refractivity contribution < 1.29 is 9.53 Å². The lowest BCUT2D eigenvalue weighted by Crippen LogP contribution is -2.49. The molecule has 1 saturated heterocycles. The van der Waals surface area contributed by atoms with Crippen LogP contribution in [0, 0.1) is 12.8 Å². The molecule has 128 valence electrons. The lowest BCUT2D eigenvalue weighted by molar-refractivity contribution is -0.0302. The van der Waals surface area contributed by atoms with Gasteiger partial charge in [0.2, 0.25) is 0 Å². The Kier molecular flexibility index (Phi) is 4.87. The second kappa shape index (κ2) is 6.88. The molecule has 0 aromatic carbocycles. The van der Waals surface area contributed by atoms with E-state index in [9.17, 15) is 4.79 Å². The number of nitrogens with one attached hydrogen (secondary N) is 1. The number of morpholine rings is 1. The highest BCUT2D eigenvalue weighted by atomic mass is 16.5. The number of rotatable bonds is 5. The highest BCUT2D eigenvalue weighted by molar-refractivity contribution is 5.88. The second-order valence-corrected chi connectivity index (χ2v) is 6.83. The van der Waals surface area contributed by atoms with Crippen LogP contribution in [0.2, 0.25) is 0 Å². The van der Waals surface area contributed by atoms with Crippen molar-refractivity contribution >= 4 is 11.8 Å². The molecule has 1 atom stereocenters. The Labute approximate surface area is 137 Å². The fraction of sp³-hybridized carbons (Fsp3) is 0.750. The van der Waals surface area contributed by atoms with E-state index < -0.39 is 0 Å². The maximum atomic E-state index is 12.6. The Morgan fingerprint density at radius 2 is 2.22 bits per heavy atom. The summed E-state index contributed by atoms with van der Waals surface area (Å²) in [7, 11) is 3.97. The zero-order chi connectivity index (χ0) is 16.4. The van der Waals surface area contributed by atoms with E-state index in [0.29, 0.717) is 18.3 Å². The minimum absolute atomic E-state index is 0.0770. The summed E-state index contributed by atoms with van der Waals surface area (Å²) in [6.45, 7) is 5.98. The molecule has 3 rings (SSSR count). The van der Waals surface area contributed by atoms with Crippen LogP contribution in [-0.2, 0) is 11.8 Å². The van der Waals surface area contributed by atoms with Crippen molar-refractivity contribution in [3.05, 3.63) is 11.8 Å². The van der Waals surface area contributed by atoms with Gasteiger partial charge in [-0.3, -0.25) is 10.00 Å². The lowest BCUT2D eigenvalue weighted by Gasteiger charge is -2.34. The number of anilines is 1. The Hall–Kier alpha value is -1.60. The molecule has 2 heterocycles. The van der Waals surface area contributed by atoms with Crippen molar-refractivity contribution in [1.29, 1.82) is 0 Å². The molecule has 2 amide bonds. The molecule has 2 fully saturated rings. The number of ether oxygens (including phenoxy) is 1. The number of amides is 2. The first kappa shape index (κ1) is 16.3. The van der Waals surface area contributed by atoms with Crippen LogP contribution in [0.4, 0.5) is 10.6 Å². The number of hydrogen-bond donors (Lipinski definition) is 1. The summed E-state index contributed by atoms with van der Waals surface area (Å²) < 4.78 is 7.59. The van der Waals surface area contributed by atoms with Crippen LogP contribution in [0.5, 0.6) is 0 Å². The second-order valence-electron chi connectivity index (χ2n) is 6.83. The van der Waals surface area contributed by atoms with Gasteiger partial charge in [-0.2, -0.15) is 5.10 Å². The fourth-order valence-electron chi connectivity index (χ4n) is 2.89. The molecule has 1 aromatic rings. The average molecular weight is 321 g/mol. The SMILES string of the molecule is Cc1cc(NC(=O)N(CC2CC2)C[C@H]2CN(C)CCO2)nn1C. The molecule has 1 aliphatic heterocycles. The van der Waals surface area contributed by atoms with Gasteiger partial charge in [-0.1, -0.05) is 0 Å². The van der Waals surface area contributed by atoms with Crippen molar-refractivity contribution in [2.75, 3.05) is 45.2 Å². The molecule has 0 unspecified atom stereocenters. The molecule has 7 heteroatoms. The van der Waals surface area contributed by atoms with E-state index in [-0.39, 0.29) is 12.1 Å². The molecule has 23 heavy (non-hydrogen) atoms. The maximum absolute atomic E-state index is 12.6. The van der Waals surface area contributed by atoms with Crippen molar-refractivity contribution in [3.63, 3.8) is 0 Å². The van der Waals surface area contributed by atoms with E-state index in [1.165, 1.54) is 12.8 Å². The minimum Gasteiger partial charge on any atom is -0.374 e. The van der Waals surface area contributed by atoms with E-state index in [0.717, 1.165) is 31.9 Å². The molecule has 2 aliphatic rings. The molecule has 0 spiro atoms. The highest BCUT2D eigenvalue weighted by Crippen LogP contribution is 2.30. The molecule has 7 nitrogen and oxygen atoms in total. The largest absolute Gasteiger partial charge is 0.374 e. The van der Waals surface area contributed by atoms with Crippen molar-refractivity contribution in [2.24, 2.45) is 13.0 Å². The fourth-order valence-corrected chi connectivity index (χ4v) is 2.89. The molecule has 1 saturated carbocycles. The third kappa shape index (κ3) is 4.45. The third-order valence-electron chi connectivity index (χ3n) is 4.58. The number of carbonyl (C=O) groups is 1. The van der Waals surface area contributed by atoms with Gasteiger partial charge in [0.15, 0.2) is 5.82 Å². The Morgan fingerprint density at radius 1 is 1.43 bits per heavy atom. The van der Waals surface area contributed by atoms with Gasteiger partial charge in [0, 0.05) is 45.0 Å². The van der Waals surface area contributed by atoms with Gasteiger partial charge in [0.1, 0.15) is 0 Å². The van der Waals surface area contributed by atoms with Gasteiger partial charge in [-0.25, -0.2) is 4.79 Å². The number of likely N-dealkylation sites (N-methyl/N-ethyl adjacent to an activating group) is 1. The Bertz CT molecular complexity index is 535. The van der Waals surface area contributed by atoms with E-state index in [4.69, 9.17) is 4.74 Å². The van der Waals surface area contributed by atoms with Crippen LogP contribution in [-0.4, -0.2) is 71.5 Å². The van der Waals surface area contributed by atoms with Gasteiger partial charge in [0.05, 0.1) is 12.7 Å². The zero-order valence-electron chi connectivity index (χ0n) is 14.3. The molecule has 1 aliphatic carbocycles. The number of nitrogens with zero attached hydrogens (tertiary/aromatic N) is 4. The van der Waals surface area contributed by atoms with Crippen molar-refractivity contribution in [2.45, 2.75) is 25.9 Å². The van der Waals surface area contributed by atoms with Crippen molar-refractivity contribution in [3.8, 4) is 0 Å². The number of urea groups is 1. The number of aryl methyl sites for hydroxylation is 2. The van der Waals surface area contributed by atoms with Crippen LogP contribution in [0.25, 0.3) is 0 Å². The van der Waals surface area contributed by atoms with Crippen molar-refractivity contribution in [1.82, 2.24) is 19.6 Å². The van der Waals surface area contributed by atoms with E-state index in [2.05, 4.69) is 22.4 Å². The summed E-state index contributed by atoms with van der Waals surface area (Å²) in [5.74, 6) is 1.25. The summed E-state index contributed by atoms with van der Waals surface area (Å²) >= 11 is 0. The van der Waals surface area contributed by atoms with Crippen LogP contribution < -0.4 is 5.32 Å². The first-order valence-electron chi connectivity index (χ1n) is 8.38. The molecule has 0 bridgehead atoms. The van der Waals surface area contributed by atoms with Gasteiger partial charge in [0.25, 0.3) is 0 Å². The van der Waals surface area contributed by atoms with E-state index in [1.807, 2.05) is 24.9 Å². The molecule has 1 N–H and O–H groups in total. The molecular weight excluding hydrogens is 294 g/mol. The minimum atomic E-state index is -0.0770. The number of hydrogen-bond acceptors (Lipinski definition) is 4. The van der Waals surface area contributed by atoms with Crippen LogP contribution in [0.3, 0.4) is 0 Å². The lowest BCUT2D eigenvalue weighted by atomic mass is 10.2. The quantitative estimate of drug-likeness (QED) is 0.888. The van der Waals surface area contributed by atoms with Gasteiger partial charge < -0.3 is 14.5 Å². The van der Waals surface area contributed by atoms with Gasteiger partial charge in [-0.05, 0) is 32.7 Å². The molecule has 1 aromatic heterocycles. The summed E-state index contributed by atoms with van der Waals surface area (Å²) in [6.07, 6.45) is 2.53. The smallest absolute Gasteiger partial charge is 0.323 e. The first-order valence-corrected chi connectivity index (χ1v) is 8.38. The number of aromatic nitrogens is 2. The molecule has 0 radical (unpaired) electrons. The maximum Gasteiger partial charge on any atom is 0.323 e. The number of carbonyl (C=O) groups excluding carboxylic acids is 1. The van der Waals surface area contributed by atoms with Gasteiger partial charge >= 0.3 is 6.03 Å². The standard InChI is InChI=1S/C16H27N5O2/c1-12-8-15(18-20(12)3)17-16(22)21(9-13-4-5-13)11-14-10-19(2)6-7-23-14/h8,13-14H,4-7,9-11H2,1-3H3,(H,17,18,22)/t14-/m1/s1. The summed E-state index contributed by atoms with van der Waals surface area (Å²) in [5, 5.41) is 7.23. The predicted octanol–water partition coefficient (Wildman–Crippen LogP) is 1.30. The predicted molar refractivity (Wildman–Crippen MR) is 88.5 cm³/mol. The van der Waals surface area contributed by atoms with Crippen LogP contribution >= 0.6 is 0 Å².